The summed E-state index contributed by atoms with van der Waals surface area (Å²) in [5.74, 6) is 1.38. The third kappa shape index (κ3) is 3.68. The Kier molecular flexibility index (Phi) is 4.77. The Bertz CT molecular complexity index is 721. The summed E-state index contributed by atoms with van der Waals surface area (Å²) in [5.41, 5.74) is -0.518. The second-order valence-corrected chi connectivity index (χ2v) is 10.5. The van der Waals surface area contributed by atoms with Crippen LogP contribution >= 0.6 is 0 Å². The van der Waals surface area contributed by atoms with Crippen LogP contribution in [0.3, 0.4) is 0 Å². The second-order valence-electron chi connectivity index (χ2n) is 10.5. The Labute approximate surface area is 168 Å². The normalized spacial score (nSPS) is 35.0. The average Bonchev–Trinajstić information content (AvgIpc) is 2.58. The molecule has 2 N–H and O–H groups in total. The van der Waals surface area contributed by atoms with Gasteiger partial charge in [0.1, 0.15) is 11.4 Å². The van der Waals surface area contributed by atoms with Gasteiger partial charge in [0.2, 0.25) is 0 Å². The molecule has 3 atom stereocenters. The van der Waals surface area contributed by atoms with Crippen LogP contribution in [0.15, 0.2) is 24.3 Å². The Morgan fingerprint density at radius 1 is 1.18 bits per heavy atom. The number of ether oxygens (including phenoxy) is 1. The minimum Gasteiger partial charge on any atom is -0.508 e. The molecule has 28 heavy (non-hydrogen) atoms. The van der Waals surface area contributed by atoms with E-state index in [-0.39, 0.29) is 17.6 Å². The van der Waals surface area contributed by atoms with E-state index in [4.69, 9.17) is 4.74 Å². The number of carbonyl (C=O) groups excluding carboxylic acids is 1. The molecule has 1 aromatic carbocycles. The number of hydrogen-bond donors (Lipinski definition) is 2. The summed E-state index contributed by atoms with van der Waals surface area (Å²) in [6.45, 7) is 6.09. The predicted octanol–water partition coefficient (Wildman–Crippen LogP) is 4.93. The van der Waals surface area contributed by atoms with Crippen LogP contribution in [0.1, 0.15) is 83.6 Å². The number of phenols is 1. The summed E-state index contributed by atoms with van der Waals surface area (Å²) in [6.07, 6.45) is 7.03. The monoisotopic (exact) mass is 386 g/mol. The Morgan fingerprint density at radius 2 is 1.79 bits per heavy atom. The highest BCUT2D eigenvalue weighted by molar-refractivity contribution is 5.76. The fourth-order valence-corrected chi connectivity index (χ4v) is 6.53. The van der Waals surface area contributed by atoms with Crippen molar-refractivity contribution in [3.8, 4) is 5.75 Å². The van der Waals surface area contributed by atoms with Crippen molar-refractivity contribution in [3.05, 3.63) is 29.8 Å². The van der Waals surface area contributed by atoms with Crippen LogP contribution in [0.5, 0.6) is 5.75 Å². The molecule has 4 aliphatic carbocycles. The summed E-state index contributed by atoms with van der Waals surface area (Å²) >= 11 is 0. The van der Waals surface area contributed by atoms with Crippen molar-refractivity contribution in [2.75, 3.05) is 0 Å². The summed E-state index contributed by atoms with van der Waals surface area (Å²) in [4.78, 5) is 13.2. The molecule has 4 heteroatoms. The van der Waals surface area contributed by atoms with Gasteiger partial charge < -0.3 is 14.9 Å². The molecule has 3 unspecified atom stereocenters. The molecule has 0 saturated heterocycles. The van der Waals surface area contributed by atoms with Crippen molar-refractivity contribution in [2.45, 2.75) is 89.3 Å². The fourth-order valence-electron chi connectivity index (χ4n) is 6.53. The summed E-state index contributed by atoms with van der Waals surface area (Å²) in [5, 5.41) is 20.5. The van der Waals surface area contributed by atoms with Crippen LogP contribution in [-0.4, -0.2) is 27.4 Å². The lowest BCUT2D eigenvalue weighted by Crippen LogP contribution is -2.61. The van der Waals surface area contributed by atoms with Gasteiger partial charge in [0.15, 0.2) is 0 Å². The highest BCUT2D eigenvalue weighted by atomic mass is 16.6. The van der Waals surface area contributed by atoms with Gasteiger partial charge in [-0.3, -0.25) is 4.79 Å². The molecule has 154 valence electrons. The van der Waals surface area contributed by atoms with Crippen molar-refractivity contribution in [2.24, 2.45) is 17.3 Å². The lowest BCUT2D eigenvalue weighted by molar-refractivity contribution is -0.225. The van der Waals surface area contributed by atoms with Gasteiger partial charge in [-0.05, 0) is 94.2 Å². The highest BCUT2D eigenvalue weighted by Gasteiger charge is 2.59. The summed E-state index contributed by atoms with van der Waals surface area (Å²) < 4.78 is 6.24. The molecular weight excluding hydrogens is 352 g/mol. The van der Waals surface area contributed by atoms with E-state index in [0.717, 1.165) is 37.7 Å². The number of hydrogen-bond acceptors (Lipinski definition) is 4. The van der Waals surface area contributed by atoms with Crippen LogP contribution in [0.25, 0.3) is 0 Å². The number of aromatic hydroxyl groups is 1. The molecule has 0 amide bonds. The molecule has 4 bridgehead atoms. The molecule has 0 aromatic heterocycles. The van der Waals surface area contributed by atoms with Crippen LogP contribution in [0.4, 0.5) is 0 Å². The van der Waals surface area contributed by atoms with Crippen LogP contribution in [0, 0.1) is 17.3 Å². The first-order valence-corrected chi connectivity index (χ1v) is 10.9. The molecule has 4 nitrogen and oxygen atoms in total. The van der Waals surface area contributed by atoms with Gasteiger partial charge in [-0.2, -0.15) is 0 Å². The maximum Gasteiger partial charge on any atom is 0.312 e. The standard InChI is InChI=1S/C24H34O4/c1-4-18(19-5-7-20(25)8-6-19)14-22(2,3)21(26)28-24-12-16-9-17(13-24)11-23(27,10-16)15-24/h5-8,16-18,25,27H,4,9-15H2,1-3H3. The van der Waals surface area contributed by atoms with E-state index >= 15 is 0 Å². The van der Waals surface area contributed by atoms with Crippen molar-refractivity contribution >= 4 is 5.97 Å². The Balaban J connectivity index is 1.47. The lowest BCUT2D eigenvalue weighted by atomic mass is 9.52. The first-order valence-electron chi connectivity index (χ1n) is 10.9. The molecule has 0 aliphatic heterocycles. The van der Waals surface area contributed by atoms with Crippen molar-refractivity contribution in [3.63, 3.8) is 0 Å². The van der Waals surface area contributed by atoms with Gasteiger partial charge in [0, 0.05) is 6.42 Å². The van der Waals surface area contributed by atoms with Gasteiger partial charge in [-0.25, -0.2) is 0 Å². The number of aliphatic hydroxyl groups is 1. The quantitative estimate of drug-likeness (QED) is 0.680. The van der Waals surface area contributed by atoms with Gasteiger partial charge in [0.05, 0.1) is 11.0 Å². The third-order valence-corrected chi connectivity index (χ3v) is 7.45. The molecule has 4 fully saturated rings. The zero-order valence-corrected chi connectivity index (χ0v) is 17.4. The number of benzene rings is 1. The third-order valence-electron chi connectivity index (χ3n) is 7.45. The first kappa shape index (κ1) is 19.8. The largest absolute Gasteiger partial charge is 0.508 e. The first-order chi connectivity index (χ1) is 13.1. The average molecular weight is 387 g/mol. The van der Waals surface area contributed by atoms with Gasteiger partial charge in [-0.15, -0.1) is 0 Å². The second kappa shape index (κ2) is 6.76. The van der Waals surface area contributed by atoms with Crippen molar-refractivity contribution in [1.82, 2.24) is 0 Å². The molecule has 4 saturated carbocycles. The van der Waals surface area contributed by atoms with Crippen LogP contribution in [-0.2, 0) is 9.53 Å². The summed E-state index contributed by atoms with van der Waals surface area (Å²) in [6, 6.07) is 7.30. The van der Waals surface area contributed by atoms with Gasteiger partial charge in [-0.1, -0.05) is 19.1 Å². The molecule has 0 radical (unpaired) electrons. The van der Waals surface area contributed by atoms with E-state index < -0.39 is 16.6 Å². The smallest absolute Gasteiger partial charge is 0.312 e. The van der Waals surface area contributed by atoms with E-state index in [2.05, 4.69) is 6.92 Å². The van der Waals surface area contributed by atoms with Crippen LogP contribution < -0.4 is 0 Å². The van der Waals surface area contributed by atoms with E-state index in [0.29, 0.717) is 24.7 Å². The number of phenolic OH excluding ortho intramolecular Hbond substituents is 1. The molecule has 4 aliphatic rings. The predicted molar refractivity (Wildman–Crippen MR) is 108 cm³/mol. The minimum absolute atomic E-state index is 0.129. The van der Waals surface area contributed by atoms with Gasteiger partial charge >= 0.3 is 5.97 Å². The molecule has 1 aromatic rings. The van der Waals surface area contributed by atoms with Gasteiger partial charge in [0.25, 0.3) is 0 Å². The number of esters is 1. The minimum atomic E-state index is -0.619. The Hall–Kier alpha value is -1.55. The van der Waals surface area contributed by atoms with E-state index in [1.165, 1.54) is 6.42 Å². The maximum absolute atomic E-state index is 13.2. The number of carbonyl (C=O) groups is 1. The zero-order valence-electron chi connectivity index (χ0n) is 17.4. The van der Waals surface area contributed by atoms with E-state index in [9.17, 15) is 15.0 Å². The van der Waals surface area contributed by atoms with Crippen molar-refractivity contribution in [1.29, 1.82) is 0 Å². The SMILES string of the molecule is CCC(CC(C)(C)C(=O)OC12CC3CC(CC(O)(C3)C1)C2)c1ccc(O)cc1. The molecule has 0 heterocycles. The van der Waals surface area contributed by atoms with Crippen LogP contribution in [0.2, 0.25) is 0 Å². The fraction of sp³-hybridized carbons (Fsp3) is 0.708. The highest BCUT2D eigenvalue weighted by Crippen LogP contribution is 2.59. The summed E-state index contributed by atoms with van der Waals surface area (Å²) in [7, 11) is 0. The number of rotatable bonds is 6. The van der Waals surface area contributed by atoms with E-state index in [1.807, 2.05) is 26.0 Å². The van der Waals surface area contributed by atoms with Crippen molar-refractivity contribution < 1.29 is 19.7 Å². The zero-order chi connectivity index (χ0) is 20.2. The lowest BCUT2D eigenvalue weighted by Gasteiger charge is -2.59. The molecule has 5 rings (SSSR count). The Morgan fingerprint density at radius 3 is 2.32 bits per heavy atom. The van der Waals surface area contributed by atoms with E-state index in [1.54, 1.807) is 12.1 Å². The molecule has 0 spiro atoms. The molecular formula is C24H34O4. The maximum atomic E-state index is 13.2. The topological polar surface area (TPSA) is 66.8 Å².